The maximum Gasteiger partial charge on any atom is 0.172 e. The van der Waals surface area contributed by atoms with Crippen LogP contribution in [0.1, 0.15) is 20.8 Å². The second-order valence-corrected chi connectivity index (χ2v) is 4.75. The van der Waals surface area contributed by atoms with Crippen LogP contribution in [0.3, 0.4) is 0 Å². The minimum absolute atomic E-state index is 0.489. The van der Waals surface area contributed by atoms with Gasteiger partial charge < -0.3 is 16.0 Å². The van der Waals surface area contributed by atoms with Crippen molar-refractivity contribution in [3.05, 3.63) is 11.8 Å². The zero-order chi connectivity index (χ0) is 13.3. The zero-order valence-corrected chi connectivity index (χ0v) is 12.1. The van der Waals surface area contributed by atoms with E-state index in [1.807, 2.05) is 6.20 Å². The molecule has 0 saturated heterocycles. The van der Waals surface area contributed by atoms with Gasteiger partial charge in [-0.1, -0.05) is 13.8 Å². The van der Waals surface area contributed by atoms with Crippen LogP contribution in [0, 0.1) is 16.7 Å². The molecule has 0 bridgehead atoms. The van der Waals surface area contributed by atoms with Crippen molar-refractivity contribution in [2.75, 3.05) is 13.1 Å². The molecule has 5 nitrogen and oxygen atoms in total. The molecule has 0 aromatic heterocycles. The number of halogens is 1. The topological polar surface area (TPSA) is 84.1 Å². The number of rotatable bonds is 7. The van der Waals surface area contributed by atoms with Gasteiger partial charge in [0.05, 0.1) is 0 Å². The molecule has 0 heterocycles. The van der Waals surface area contributed by atoms with Crippen molar-refractivity contribution < 1.29 is 0 Å². The number of nitrogens with one attached hydrogen (secondary N) is 4. The summed E-state index contributed by atoms with van der Waals surface area (Å²) in [5.41, 5.74) is 1.37. The van der Waals surface area contributed by atoms with Gasteiger partial charge >= 0.3 is 0 Å². The maximum atomic E-state index is 7.64. The fourth-order valence-electron chi connectivity index (χ4n) is 0.980. The van der Waals surface area contributed by atoms with Gasteiger partial charge in [0.2, 0.25) is 0 Å². The second-order valence-electron chi connectivity index (χ2n) is 4.00. The Morgan fingerprint density at radius 2 is 2.12 bits per heavy atom. The molecule has 0 fully saturated rings. The summed E-state index contributed by atoms with van der Waals surface area (Å²) in [6.07, 6.45) is 2.80. The first-order chi connectivity index (χ1) is 7.97. The summed E-state index contributed by atoms with van der Waals surface area (Å²) in [6, 6.07) is 0. The minimum atomic E-state index is 0.489. The fraction of sp³-hybridized carbons (Fsp3) is 0.545. The molecule has 0 radical (unpaired) electrons. The third kappa shape index (κ3) is 8.62. The van der Waals surface area contributed by atoms with Crippen molar-refractivity contribution in [1.82, 2.24) is 10.6 Å². The van der Waals surface area contributed by atoms with E-state index in [2.05, 4.69) is 45.4 Å². The van der Waals surface area contributed by atoms with Crippen LogP contribution >= 0.6 is 15.9 Å². The lowest BCUT2D eigenvalue weighted by molar-refractivity contribution is 0.610. The largest absolute Gasteiger partial charge is 0.390 e. The highest BCUT2D eigenvalue weighted by Crippen LogP contribution is 1.96. The SMILES string of the molecule is CC(=N)/C(=C\NCC(C)C)CN/C(Br)=N\C=N. The first-order valence-electron chi connectivity index (χ1n) is 5.41. The molecule has 0 aromatic rings. The molecule has 0 atom stereocenters. The van der Waals surface area contributed by atoms with Gasteiger partial charge in [0.15, 0.2) is 4.74 Å². The van der Waals surface area contributed by atoms with Crippen molar-refractivity contribution in [2.45, 2.75) is 20.8 Å². The van der Waals surface area contributed by atoms with Gasteiger partial charge in [0, 0.05) is 30.6 Å². The van der Waals surface area contributed by atoms with Gasteiger partial charge in [-0.15, -0.1) is 0 Å². The van der Waals surface area contributed by atoms with E-state index in [1.54, 1.807) is 6.92 Å². The van der Waals surface area contributed by atoms with E-state index < -0.39 is 0 Å². The molecule has 0 amide bonds. The molecule has 0 aliphatic heterocycles. The third-order valence-corrected chi connectivity index (χ3v) is 2.37. The average Bonchev–Trinajstić information content (AvgIpc) is 2.22. The van der Waals surface area contributed by atoms with E-state index in [-0.39, 0.29) is 0 Å². The predicted octanol–water partition coefficient (Wildman–Crippen LogP) is 2.10. The molecule has 0 aromatic carbocycles. The van der Waals surface area contributed by atoms with Crippen molar-refractivity contribution in [3.63, 3.8) is 0 Å². The average molecular weight is 302 g/mol. The fourth-order valence-corrected chi connectivity index (χ4v) is 1.22. The predicted molar refractivity (Wildman–Crippen MR) is 77.5 cm³/mol. The summed E-state index contributed by atoms with van der Waals surface area (Å²) in [7, 11) is 0. The van der Waals surface area contributed by atoms with Gasteiger partial charge in [-0.25, -0.2) is 4.99 Å². The Morgan fingerprint density at radius 3 is 2.59 bits per heavy atom. The highest BCUT2D eigenvalue weighted by Gasteiger charge is 2.01. The Bertz CT molecular complexity index is 320. The van der Waals surface area contributed by atoms with Crippen LogP contribution in [0.2, 0.25) is 0 Å². The molecule has 96 valence electrons. The molecule has 0 spiro atoms. The molecule has 0 saturated carbocycles. The summed E-state index contributed by atoms with van der Waals surface area (Å²) in [5.74, 6) is 0.567. The van der Waals surface area contributed by atoms with Crippen molar-refractivity contribution >= 4 is 32.7 Å². The number of hydrogen-bond donors (Lipinski definition) is 4. The molecule has 4 N–H and O–H groups in total. The van der Waals surface area contributed by atoms with Gasteiger partial charge in [-0.2, -0.15) is 0 Å². The van der Waals surface area contributed by atoms with E-state index >= 15 is 0 Å². The van der Waals surface area contributed by atoms with Crippen LogP contribution in [-0.2, 0) is 0 Å². The lowest BCUT2D eigenvalue weighted by atomic mass is 10.2. The Hall–Kier alpha value is -1.17. The highest BCUT2D eigenvalue weighted by molar-refractivity contribution is 9.18. The van der Waals surface area contributed by atoms with Gasteiger partial charge in [-0.3, -0.25) is 5.41 Å². The summed E-state index contributed by atoms with van der Waals surface area (Å²) in [6.45, 7) is 7.38. The summed E-state index contributed by atoms with van der Waals surface area (Å²) in [4.78, 5) is 3.71. The number of aliphatic imine (C=N–C) groups is 1. The minimum Gasteiger partial charge on any atom is -0.390 e. The van der Waals surface area contributed by atoms with Gasteiger partial charge in [0.1, 0.15) is 6.34 Å². The van der Waals surface area contributed by atoms with E-state index in [1.165, 1.54) is 0 Å². The highest BCUT2D eigenvalue weighted by atomic mass is 79.9. The van der Waals surface area contributed by atoms with Crippen LogP contribution in [0.25, 0.3) is 0 Å². The summed E-state index contributed by atoms with van der Waals surface area (Å²) in [5, 5.41) is 20.6. The Morgan fingerprint density at radius 1 is 1.47 bits per heavy atom. The van der Waals surface area contributed by atoms with Crippen LogP contribution < -0.4 is 10.6 Å². The molecular weight excluding hydrogens is 282 g/mol. The molecule has 6 heteroatoms. The Balaban J connectivity index is 4.29. The summed E-state index contributed by atoms with van der Waals surface area (Å²) >= 11 is 3.18. The molecule has 0 rings (SSSR count). The molecule has 0 unspecified atom stereocenters. The van der Waals surface area contributed by atoms with Crippen molar-refractivity contribution in [3.8, 4) is 0 Å². The van der Waals surface area contributed by atoms with Gasteiger partial charge in [0.25, 0.3) is 0 Å². The Labute approximate surface area is 111 Å². The van der Waals surface area contributed by atoms with E-state index in [4.69, 9.17) is 10.8 Å². The third-order valence-electron chi connectivity index (χ3n) is 1.89. The van der Waals surface area contributed by atoms with Crippen LogP contribution in [0.15, 0.2) is 16.8 Å². The van der Waals surface area contributed by atoms with E-state index in [0.717, 1.165) is 18.5 Å². The number of nitrogens with zero attached hydrogens (tertiary/aromatic N) is 1. The molecular formula is C11H20BrN5. The maximum absolute atomic E-state index is 7.64. The zero-order valence-electron chi connectivity index (χ0n) is 10.5. The smallest absolute Gasteiger partial charge is 0.172 e. The standard InChI is InChI=1S/C11H20BrN5/c1-8(2)4-15-5-10(9(3)14)6-16-11(12)17-7-13/h5,7-8,14-15H,4,6H2,1-3H3,(H2,13,16,17)/b10-5-,14-9?. The lowest BCUT2D eigenvalue weighted by Crippen LogP contribution is -2.25. The molecule has 17 heavy (non-hydrogen) atoms. The normalized spacial score (nSPS) is 12.5. The number of hydrogen-bond acceptors (Lipinski definition) is 3. The lowest BCUT2D eigenvalue weighted by Gasteiger charge is -2.10. The number of amidine groups is 1. The van der Waals surface area contributed by atoms with Crippen LogP contribution in [-0.4, -0.2) is 29.9 Å². The van der Waals surface area contributed by atoms with Crippen LogP contribution in [0.4, 0.5) is 0 Å². The quantitative estimate of drug-likeness (QED) is 0.330. The first kappa shape index (κ1) is 15.8. The molecule has 0 aliphatic carbocycles. The van der Waals surface area contributed by atoms with Crippen LogP contribution in [0.5, 0.6) is 0 Å². The van der Waals surface area contributed by atoms with Crippen molar-refractivity contribution in [1.29, 1.82) is 10.8 Å². The Kier molecular flexibility index (Phi) is 8.31. The van der Waals surface area contributed by atoms with Crippen molar-refractivity contribution in [2.24, 2.45) is 10.9 Å². The monoisotopic (exact) mass is 301 g/mol. The molecule has 0 aliphatic rings. The second kappa shape index (κ2) is 8.92. The van der Waals surface area contributed by atoms with Gasteiger partial charge in [-0.05, 0) is 28.8 Å². The van der Waals surface area contributed by atoms with E-state index in [9.17, 15) is 0 Å². The summed E-state index contributed by atoms with van der Waals surface area (Å²) < 4.78 is 0.489. The van der Waals surface area contributed by atoms with E-state index in [0.29, 0.717) is 22.9 Å². The first-order valence-corrected chi connectivity index (χ1v) is 6.20.